The molecule has 0 aromatic carbocycles. The van der Waals surface area contributed by atoms with Crippen LogP contribution in [0.25, 0.3) is 0 Å². The summed E-state index contributed by atoms with van der Waals surface area (Å²) in [5.74, 6) is 0. The van der Waals surface area contributed by atoms with Crippen molar-refractivity contribution < 1.29 is 4.11 Å². The van der Waals surface area contributed by atoms with Crippen LogP contribution in [-0.4, -0.2) is 25.0 Å². The predicted molar refractivity (Wildman–Crippen MR) is 35.9 cm³/mol. The summed E-state index contributed by atoms with van der Waals surface area (Å²) in [4.78, 5) is 1.58. The minimum Gasteiger partial charge on any atom is -0.306 e. The molecule has 0 spiro atoms. The van der Waals surface area contributed by atoms with E-state index in [1.807, 2.05) is 0 Å². The molecule has 0 aromatic heterocycles. The van der Waals surface area contributed by atoms with Crippen LogP contribution < -0.4 is 0 Å². The van der Waals surface area contributed by atoms with Crippen molar-refractivity contribution in [2.75, 3.05) is 20.1 Å². The highest BCUT2D eigenvalue weighted by molar-refractivity contribution is 4.79. The van der Waals surface area contributed by atoms with Gasteiger partial charge in [0.05, 0.1) is 0 Å². The van der Waals surface area contributed by atoms with E-state index in [4.69, 9.17) is 4.11 Å². The predicted octanol–water partition coefficient (Wildman–Crippen LogP) is 1.35. The van der Waals surface area contributed by atoms with Gasteiger partial charge in [0.1, 0.15) is 0 Å². The first-order valence-electron chi connectivity index (χ1n) is 4.56. The van der Waals surface area contributed by atoms with E-state index in [0.29, 0.717) is 13.1 Å². The molecule has 1 heterocycles. The number of hydrogen-bond donors (Lipinski definition) is 0. The monoisotopic (exact) mass is 116 g/mol. The molecular formula is C7H15N. The van der Waals surface area contributed by atoms with Gasteiger partial charge in [-0.2, -0.15) is 0 Å². The van der Waals surface area contributed by atoms with Crippen LogP contribution in [0.3, 0.4) is 0 Å². The number of likely N-dealkylation sites (tertiary alicyclic amines) is 1. The van der Waals surface area contributed by atoms with Crippen molar-refractivity contribution in [3.05, 3.63) is 0 Å². The molecule has 0 radical (unpaired) electrons. The van der Waals surface area contributed by atoms with E-state index in [1.165, 1.54) is 0 Å². The molecule has 1 fully saturated rings. The molecule has 1 aliphatic rings. The first kappa shape index (κ1) is 3.21. The van der Waals surface area contributed by atoms with Gasteiger partial charge in [-0.25, -0.2) is 0 Å². The highest BCUT2D eigenvalue weighted by Gasteiger charge is 2.26. The summed E-state index contributed by atoms with van der Waals surface area (Å²) in [6, 6.07) is 0. The second kappa shape index (κ2) is 1.73. The van der Waals surface area contributed by atoms with E-state index in [2.05, 4.69) is 13.8 Å². The number of nitrogens with zero attached hydrogens (tertiary/aromatic N) is 1. The summed E-state index contributed by atoms with van der Waals surface area (Å²) >= 11 is 0. The summed E-state index contributed by atoms with van der Waals surface area (Å²) in [6.07, 6.45) is 0.991. The van der Waals surface area contributed by atoms with Gasteiger partial charge in [0, 0.05) is 10.7 Å². The fourth-order valence-electron chi connectivity index (χ4n) is 1.11. The summed E-state index contributed by atoms with van der Waals surface area (Å²) in [5, 5.41) is 0. The van der Waals surface area contributed by atoms with Gasteiger partial charge in [0.25, 0.3) is 0 Å². The maximum absolute atomic E-state index is 7.16. The Balaban J connectivity index is 2.55. The molecule has 1 nitrogen and oxygen atoms in total. The van der Waals surface area contributed by atoms with Crippen molar-refractivity contribution in [2.24, 2.45) is 5.41 Å². The molecule has 1 heteroatoms. The van der Waals surface area contributed by atoms with Gasteiger partial charge in [0.2, 0.25) is 0 Å². The molecule has 0 bridgehead atoms. The van der Waals surface area contributed by atoms with Gasteiger partial charge >= 0.3 is 0 Å². The highest BCUT2D eigenvalue weighted by atomic mass is 15.1. The van der Waals surface area contributed by atoms with Gasteiger partial charge in [-0.15, -0.1) is 0 Å². The average molecular weight is 116 g/mol. The van der Waals surface area contributed by atoms with Crippen LogP contribution in [0.4, 0.5) is 0 Å². The standard InChI is InChI=1S/C7H15N/c1-7(2)4-5-8(3)6-7/h4-6H2,1-3H3/i3D3. The first-order chi connectivity index (χ1) is 4.81. The van der Waals surface area contributed by atoms with E-state index in [9.17, 15) is 0 Å². The molecule has 48 valence electrons. The third-order valence-corrected chi connectivity index (χ3v) is 1.68. The Morgan fingerprint density at radius 2 is 2.38 bits per heavy atom. The molecular weight excluding hydrogens is 98.1 g/mol. The smallest absolute Gasteiger partial charge is 0.0394 e. The second-order valence-corrected chi connectivity index (χ2v) is 3.34. The van der Waals surface area contributed by atoms with Crippen LogP contribution in [0.5, 0.6) is 0 Å². The third-order valence-electron chi connectivity index (χ3n) is 1.68. The van der Waals surface area contributed by atoms with Crippen LogP contribution in [0.15, 0.2) is 0 Å². The Hall–Kier alpha value is -0.0400. The number of rotatable bonds is 0. The normalized spacial score (nSPS) is 36.0. The Morgan fingerprint density at radius 1 is 1.62 bits per heavy atom. The minimum atomic E-state index is -1.88. The van der Waals surface area contributed by atoms with E-state index >= 15 is 0 Å². The van der Waals surface area contributed by atoms with Gasteiger partial charge in [-0.3, -0.25) is 0 Å². The van der Waals surface area contributed by atoms with Crippen LogP contribution in [0.1, 0.15) is 24.4 Å². The Kier molecular flexibility index (Phi) is 0.694. The Bertz CT molecular complexity index is 150. The number of hydrogen-bond acceptors (Lipinski definition) is 1. The van der Waals surface area contributed by atoms with Crippen molar-refractivity contribution in [1.82, 2.24) is 4.90 Å². The van der Waals surface area contributed by atoms with Crippen molar-refractivity contribution in [3.8, 4) is 0 Å². The molecule has 0 N–H and O–H groups in total. The van der Waals surface area contributed by atoms with Gasteiger partial charge in [0.15, 0.2) is 0 Å². The Labute approximate surface area is 55.9 Å². The zero-order valence-corrected chi connectivity index (χ0v) is 5.57. The summed E-state index contributed by atoms with van der Waals surface area (Å²) in [7, 11) is 0. The van der Waals surface area contributed by atoms with Gasteiger partial charge in [-0.05, 0) is 25.4 Å². The van der Waals surface area contributed by atoms with Gasteiger partial charge in [-0.1, -0.05) is 13.8 Å². The van der Waals surface area contributed by atoms with Crippen LogP contribution in [0.2, 0.25) is 0 Å². The molecule has 1 rings (SSSR count). The molecule has 0 aromatic rings. The zero-order valence-electron chi connectivity index (χ0n) is 8.57. The molecule has 8 heavy (non-hydrogen) atoms. The maximum Gasteiger partial charge on any atom is 0.0394 e. The fraction of sp³-hybridized carbons (Fsp3) is 1.00. The maximum atomic E-state index is 7.16. The largest absolute Gasteiger partial charge is 0.306 e. The van der Waals surface area contributed by atoms with E-state index < -0.39 is 6.98 Å². The van der Waals surface area contributed by atoms with E-state index in [-0.39, 0.29) is 5.41 Å². The summed E-state index contributed by atoms with van der Waals surface area (Å²) < 4.78 is 21.5. The fourth-order valence-corrected chi connectivity index (χ4v) is 1.11. The van der Waals surface area contributed by atoms with Crippen molar-refractivity contribution in [3.63, 3.8) is 0 Å². The van der Waals surface area contributed by atoms with Crippen LogP contribution in [-0.2, 0) is 0 Å². The summed E-state index contributed by atoms with van der Waals surface area (Å²) in [6.45, 7) is 3.75. The topological polar surface area (TPSA) is 3.24 Å². The molecule has 1 aliphatic heterocycles. The lowest BCUT2D eigenvalue weighted by molar-refractivity contribution is 0.337. The molecule has 0 saturated carbocycles. The lowest BCUT2D eigenvalue weighted by Crippen LogP contribution is -2.18. The minimum absolute atomic E-state index is 0.189. The molecule has 0 atom stereocenters. The first-order valence-corrected chi connectivity index (χ1v) is 3.06. The quantitative estimate of drug-likeness (QED) is 0.462. The van der Waals surface area contributed by atoms with Crippen LogP contribution >= 0.6 is 0 Å². The Morgan fingerprint density at radius 3 is 2.62 bits per heavy atom. The van der Waals surface area contributed by atoms with E-state index in [0.717, 1.165) is 6.42 Å². The zero-order chi connectivity index (χ0) is 8.70. The molecule has 0 unspecified atom stereocenters. The molecule has 0 aliphatic carbocycles. The second-order valence-electron chi connectivity index (χ2n) is 3.34. The SMILES string of the molecule is [2H]C([2H])([2H])N1CCC(C)(C)C1. The highest BCUT2D eigenvalue weighted by Crippen LogP contribution is 2.26. The van der Waals surface area contributed by atoms with Gasteiger partial charge < -0.3 is 4.90 Å². The average Bonchev–Trinajstić information content (AvgIpc) is 2.07. The van der Waals surface area contributed by atoms with E-state index in [1.54, 1.807) is 4.90 Å². The lowest BCUT2D eigenvalue weighted by atomic mass is 9.93. The lowest BCUT2D eigenvalue weighted by Gasteiger charge is -2.15. The van der Waals surface area contributed by atoms with Crippen molar-refractivity contribution in [1.29, 1.82) is 0 Å². The molecule has 0 amide bonds. The third kappa shape index (κ3) is 1.22. The molecule has 1 saturated heterocycles. The summed E-state index contributed by atoms with van der Waals surface area (Å²) in [5.41, 5.74) is 0.189. The van der Waals surface area contributed by atoms with Crippen molar-refractivity contribution in [2.45, 2.75) is 20.3 Å². The van der Waals surface area contributed by atoms with Crippen LogP contribution in [0, 0.1) is 5.41 Å². The van der Waals surface area contributed by atoms with Crippen molar-refractivity contribution >= 4 is 0 Å².